The van der Waals surface area contributed by atoms with E-state index in [1.807, 2.05) is 16.7 Å². The van der Waals surface area contributed by atoms with Crippen molar-refractivity contribution in [3.63, 3.8) is 0 Å². The number of aromatic nitrogens is 2. The molecular weight excluding hydrogens is 402 g/mol. The molecule has 4 nitrogen and oxygen atoms in total. The fourth-order valence-electron chi connectivity index (χ4n) is 4.39. The highest BCUT2D eigenvalue weighted by Gasteiger charge is 2.27. The largest absolute Gasteiger partial charge is 0.343 e. The van der Waals surface area contributed by atoms with Gasteiger partial charge in [0.2, 0.25) is 5.91 Å². The van der Waals surface area contributed by atoms with Crippen LogP contribution in [0.3, 0.4) is 0 Å². The Balaban J connectivity index is 1.56. The van der Waals surface area contributed by atoms with Gasteiger partial charge in [0.25, 0.3) is 0 Å². The Labute approximate surface area is 190 Å². The van der Waals surface area contributed by atoms with Crippen molar-refractivity contribution in [3.05, 3.63) is 59.9 Å². The number of hydrogen-bond acceptors (Lipinski definition) is 3. The van der Waals surface area contributed by atoms with Crippen molar-refractivity contribution < 1.29 is 4.79 Å². The van der Waals surface area contributed by atoms with Crippen molar-refractivity contribution in [2.45, 2.75) is 63.1 Å². The third kappa shape index (κ3) is 5.15. The van der Waals surface area contributed by atoms with E-state index < -0.39 is 0 Å². The summed E-state index contributed by atoms with van der Waals surface area (Å²) in [5, 5.41) is 0. The van der Waals surface area contributed by atoms with Gasteiger partial charge in [-0.2, -0.15) is 0 Å². The molecule has 1 saturated heterocycles. The zero-order chi connectivity index (χ0) is 22.0. The highest BCUT2D eigenvalue weighted by atomic mass is 32.2. The molecule has 0 unspecified atom stereocenters. The van der Waals surface area contributed by atoms with E-state index in [1.165, 1.54) is 16.0 Å². The maximum atomic E-state index is 11.7. The Morgan fingerprint density at radius 1 is 1.10 bits per heavy atom. The van der Waals surface area contributed by atoms with Gasteiger partial charge in [0.1, 0.15) is 5.82 Å². The van der Waals surface area contributed by atoms with Gasteiger partial charge in [0.05, 0.1) is 11.0 Å². The van der Waals surface area contributed by atoms with Crippen LogP contribution < -0.4 is 0 Å². The summed E-state index contributed by atoms with van der Waals surface area (Å²) in [6.07, 6.45) is 2.13. The van der Waals surface area contributed by atoms with Crippen LogP contribution >= 0.6 is 11.8 Å². The molecule has 4 rings (SSSR count). The fourth-order valence-corrected chi connectivity index (χ4v) is 5.27. The first-order chi connectivity index (χ1) is 14.8. The lowest BCUT2D eigenvalue weighted by molar-refractivity contribution is -0.130. The van der Waals surface area contributed by atoms with Crippen LogP contribution in [-0.4, -0.2) is 33.4 Å². The number of nitrogens with zero attached hydrogens (tertiary/aromatic N) is 3. The summed E-state index contributed by atoms with van der Waals surface area (Å²) >= 11 is 1.86. The molecule has 1 fully saturated rings. The number of piperidine rings is 1. The minimum atomic E-state index is -0.0174. The Kier molecular flexibility index (Phi) is 6.42. The van der Waals surface area contributed by atoms with Crippen molar-refractivity contribution in [3.8, 4) is 0 Å². The van der Waals surface area contributed by atoms with E-state index in [1.54, 1.807) is 6.92 Å². The summed E-state index contributed by atoms with van der Waals surface area (Å²) in [6, 6.07) is 17.3. The summed E-state index contributed by atoms with van der Waals surface area (Å²) in [4.78, 5) is 20.0. The molecule has 0 radical (unpaired) electrons. The number of amides is 1. The van der Waals surface area contributed by atoms with Gasteiger partial charge in [-0.25, -0.2) is 4.98 Å². The van der Waals surface area contributed by atoms with Gasteiger partial charge >= 0.3 is 0 Å². The smallest absolute Gasteiger partial charge is 0.219 e. The first-order valence-electron chi connectivity index (χ1n) is 11.2. The number of imidazole rings is 1. The quantitative estimate of drug-likeness (QED) is 0.469. The summed E-state index contributed by atoms with van der Waals surface area (Å²) in [6.45, 7) is 11.1. The maximum Gasteiger partial charge on any atom is 0.219 e. The minimum absolute atomic E-state index is 0.0174. The van der Waals surface area contributed by atoms with E-state index in [-0.39, 0.29) is 11.3 Å². The van der Waals surface area contributed by atoms with Gasteiger partial charge in [-0.3, -0.25) is 4.79 Å². The second-order valence-electron chi connectivity index (χ2n) is 9.67. The SMILES string of the molecule is CC(=O)N1CCC(Cn2c(C(C)(C)C)nc3cc(SCc4ccccc4)ccc32)CC1. The van der Waals surface area contributed by atoms with E-state index in [4.69, 9.17) is 4.98 Å². The van der Waals surface area contributed by atoms with E-state index >= 15 is 0 Å². The number of hydrogen-bond donors (Lipinski definition) is 0. The minimum Gasteiger partial charge on any atom is -0.343 e. The van der Waals surface area contributed by atoms with Crippen LogP contribution in [0, 0.1) is 5.92 Å². The molecule has 5 heteroatoms. The number of benzene rings is 2. The van der Waals surface area contributed by atoms with Gasteiger partial charge in [-0.1, -0.05) is 51.1 Å². The molecule has 0 bridgehead atoms. The van der Waals surface area contributed by atoms with Gasteiger partial charge in [0, 0.05) is 42.6 Å². The molecule has 3 aromatic rings. The second-order valence-corrected chi connectivity index (χ2v) is 10.7. The van der Waals surface area contributed by atoms with E-state index in [0.29, 0.717) is 5.92 Å². The number of carbonyl (C=O) groups excluding carboxylic acids is 1. The number of likely N-dealkylation sites (tertiary alicyclic amines) is 1. The number of rotatable bonds is 5. The Morgan fingerprint density at radius 3 is 2.45 bits per heavy atom. The van der Waals surface area contributed by atoms with Gasteiger partial charge < -0.3 is 9.47 Å². The molecular formula is C26H33N3OS. The number of fused-ring (bicyclic) bond motifs is 1. The monoisotopic (exact) mass is 435 g/mol. The Hall–Kier alpha value is -2.27. The molecule has 164 valence electrons. The lowest BCUT2D eigenvalue weighted by Crippen LogP contribution is -2.38. The Bertz CT molecular complexity index is 1040. The highest BCUT2D eigenvalue weighted by molar-refractivity contribution is 7.98. The van der Waals surface area contributed by atoms with E-state index in [9.17, 15) is 4.79 Å². The highest BCUT2D eigenvalue weighted by Crippen LogP contribution is 2.32. The van der Waals surface area contributed by atoms with Crippen LogP contribution in [-0.2, 0) is 22.5 Å². The van der Waals surface area contributed by atoms with Crippen LogP contribution in [0.15, 0.2) is 53.4 Å². The second kappa shape index (κ2) is 9.07. The molecule has 0 spiro atoms. The number of thioether (sulfide) groups is 1. The average Bonchev–Trinajstić information content (AvgIpc) is 3.11. The molecule has 31 heavy (non-hydrogen) atoms. The normalized spacial score (nSPS) is 15.5. The average molecular weight is 436 g/mol. The van der Waals surface area contributed by atoms with Crippen LogP contribution in [0.1, 0.15) is 51.9 Å². The van der Waals surface area contributed by atoms with Crippen LogP contribution in [0.4, 0.5) is 0 Å². The van der Waals surface area contributed by atoms with Gasteiger partial charge in [-0.15, -0.1) is 11.8 Å². The topological polar surface area (TPSA) is 38.1 Å². The summed E-state index contributed by atoms with van der Waals surface area (Å²) in [7, 11) is 0. The molecule has 0 N–H and O–H groups in total. The zero-order valence-electron chi connectivity index (χ0n) is 19.1. The van der Waals surface area contributed by atoms with Crippen LogP contribution in [0.25, 0.3) is 11.0 Å². The summed E-state index contributed by atoms with van der Waals surface area (Å²) in [5.41, 5.74) is 3.63. The Morgan fingerprint density at radius 2 is 1.81 bits per heavy atom. The molecule has 2 aromatic carbocycles. The standard InChI is InChI=1S/C26H33N3OS/c1-19(30)28-14-12-20(13-15-28)17-29-24-11-10-22(31-18-21-8-6-5-7-9-21)16-23(24)27-25(29)26(2,3)4/h5-11,16,20H,12-15,17-18H2,1-4H3. The summed E-state index contributed by atoms with van der Waals surface area (Å²) < 4.78 is 2.44. The van der Waals surface area contributed by atoms with E-state index in [2.05, 4.69) is 73.9 Å². The molecule has 2 heterocycles. The van der Waals surface area contributed by atoms with Crippen molar-refractivity contribution >= 4 is 28.7 Å². The summed E-state index contributed by atoms with van der Waals surface area (Å²) in [5.74, 6) is 2.90. The molecule has 1 aromatic heterocycles. The first kappa shape index (κ1) is 21.9. The third-order valence-electron chi connectivity index (χ3n) is 6.14. The van der Waals surface area contributed by atoms with Crippen molar-refractivity contribution in [1.29, 1.82) is 0 Å². The van der Waals surface area contributed by atoms with Gasteiger partial charge in [-0.05, 0) is 42.5 Å². The van der Waals surface area contributed by atoms with Gasteiger partial charge in [0.15, 0.2) is 0 Å². The molecule has 1 aliphatic rings. The lowest BCUT2D eigenvalue weighted by atomic mass is 9.93. The first-order valence-corrected chi connectivity index (χ1v) is 12.2. The molecule has 0 aliphatic carbocycles. The number of carbonyl (C=O) groups is 1. The third-order valence-corrected chi connectivity index (χ3v) is 7.20. The van der Waals surface area contributed by atoms with Crippen molar-refractivity contribution in [2.24, 2.45) is 5.92 Å². The van der Waals surface area contributed by atoms with Crippen molar-refractivity contribution in [2.75, 3.05) is 13.1 Å². The molecule has 0 atom stereocenters. The predicted molar refractivity (Wildman–Crippen MR) is 129 cm³/mol. The maximum absolute atomic E-state index is 11.7. The lowest BCUT2D eigenvalue weighted by Gasteiger charge is -2.32. The van der Waals surface area contributed by atoms with Crippen molar-refractivity contribution in [1.82, 2.24) is 14.5 Å². The molecule has 0 saturated carbocycles. The molecule has 1 amide bonds. The van der Waals surface area contributed by atoms with Crippen LogP contribution in [0.2, 0.25) is 0 Å². The zero-order valence-corrected chi connectivity index (χ0v) is 19.9. The van der Waals surface area contributed by atoms with E-state index in [0.717, 1.165) is 49.6 Å². The predicted octanol–water partition coefficient (Wildman–Crippen LogP) is 5.88. The molecule has 1 aliphatic heterocycles. The van der Waals surface area contributed by atoms with Crippen LogP contribution in [0.5, 0.6) is 0 Å². The fraction of sp³-hybridized carbons (Fsp3) is 0.462.